The predicted octanol–water partition coefficient (Wildman–Crippen LogP) is 1.80. The third-order valence-corrected chi connectivity index (χ3v) is 4.69. The molecule has 2 saturated heterocycles. The molecule has 1 aromatic rings. The summed E-state index contributed by atoms with van der Waals surface area (Å²) in [5.41, 5.74) is -1.07. The molecule has 0 radical (unpaired) electrons. The summed E-state index contributed by atoms with van der Waals surface area (Å²) in [6, 6.07) is 7.67. The molecule has 0 aromatic heterocycles. The highest BCUT2D eigenvalue weighted by Gasteiger charge is 2.42. The minimum Gasteiger partial charge on any atom is -0.488 e. The first-order valence-corrected chi connectivity index (χ1v) is 8.43. The van der Waals surface area contributed by atoms with Crippen LogP contribution in [0.2, 0.25) is 0 Å². The van der Waals surface area contributed by atoms with Crippen molar-refractivity contribution in [2.45, 2.75) is 31.4 Å². The van der Waals surface area contributed by atoms with Crippen molar-refractivity contribution in [1.82, 2.24) is 5.32 Å². The SMILES string of the molecule is N#CC1(C(=O)N[C@@H]2COCC[C@@H]2Oc2cccc(F)c2)CCOCC1. The fraction of sp³-hybridized carbons (Fsp3) is 0.556. The molecular weight excluding hydrogens is 327 g/mol. The van der Waals surface area contributed by atoms with Crippen molar-refractivity contribution in [3.05, 3.63) is 30.1 Å². The summed E-state index contributed by atoms with van der Waals surface area (Å²) in [6.07, 6.45) is 0.982. The fourth-order valence-corrected chi connectivity index (χ4v) is 3.13. The molecule has 0 spiro atoms. The normalized spacial score (nSPS) is 25.6. The van der Waals surface area contributed by atoms with Gasteiger partial charge in [-0.2, -0.15) is 5.26 Å². The fourth-order valence-electron chi connectivity index (χ4n) is 3.13. The molecule has 0 unspecified atom stereocenters. The molecule has 2 fully saturated rings. The number of benzene rings is 1. The zero-order valence-electron chi connectivity index (χ0n) is 13.9. The van der Waals surface area contributed by atoms with Crippen LogP contribution in [0, 0.1) is 22.6 Å². The monoisotopic (exact) mass is 348 g/mol. The zero-order valence-corrected chi connectivity index (χ0v) is 13.9. The van der Waals surface area contributed by atoms with Crippen LogP contribution in [0.5, 0.6) is 5.75 Å². The molecule has 0 saturated carbocycles. The number of nitriles is 1. The second-order valence-electron chi connectivity index (χ2n) is 6.36. The molecule has 25 heavy (non-hydrogen) atoms. The Balaban J connectivity index is 1.68. The lowest BCUT2D eigenvalue weighted by molar-refractivity contribution is -0.135. The number of halogens is 1. The van der Waals surface area contributed by atoms with Crippen molar-refractivity contribution in [3.63, 3.8) is 0 Å². The van der Waals surface area contributed by atoms with Crippen molar-refractivity contribution in [3.8, 4) is 11.8 Å². The van der Waals surface area contributed by atoms with E-state index < -0.39 is 11.5 Å². The topological polar surface area (TPSA) is 80.6 Å². The Morgan fingerprint density at radius 2 is 2.12 bits per heavy atom. The molecular formula is C18H21FN2O4. The van der Waals surface area contributed by atoms with Crippen molar-refractivity contribution < 1.29 is 23.4 Å². The van der Waals surface area contributed by atoms with Crippen molar-refractivity contribution in [2.75, 3.05) is 26.4 Å². The van der Waals surface area contributed by atoms with Crippen LogP contribution >= 0.6 is 0 Å². The third-order valence-electron chi connectivity index (χ3n) is 4.69. The van der Waals surface area contributed by atoms with E-state index in [1.54, 1.807) is 12.1 Å². The number of nitrogens with one attached hydrogen (secondary N) is 1. The largest absolute Gasteiger partial charge is 0.488 e. The maximum absolute atomic E-state index is 13.3. The van der Waals surface area contributed by atoms with E-state index in [9.17, 15) is 14.4 Å². The molecule has 7 heteroatoms. The van der Waals surface area contributed by atoms with Gasteiger partial charge >= 0.3 is 0 Å². The van der Waals surface area contributed by atoms with E-state index >= 15 is 0 Å². The molecule has 1 N–H and O–H groups in total. The summed E-state index contributed by atoms with van der Waals surface area (Å²) in [5.74, 6) is -0.287. The molecule has 1 aromatic carbocycles. The number of carbonyl (C=O) groups is 1. The van der Waals surface area contributed by atoms with Gasteiger partial charge in [-0.25, -0.2) is 4.39 Å². The molecule has 2 aliphatic heterocycles. The Kier molecular flexibility index (Phi) is 5.51. The van der Waals surface area contributed by atoms with E-state index in [-0.39, 0.29) is 17.8 Å². The number of nitrogens with zero attached hydrogens (tertiary/aromatic N) is 1. The minimum atomic E-state index is -1.07. The summed E-state index contributed by atoms with van der Waals surface area (Å²) in [5, 5.41) is 12.4. The van der Waals surface area contributed by atoms with E-state index in [0.717, 1.165) is 0 Å². The quantitative estimate of drug-likeness (QED) is 0.897. The van der Waals surface area contributed by atoms with Gasteiger partial charge in [0.05, 0.1) is 25.3 Å². The van der Waals surface area contributed by atoms with Gasteiger partial charge in [0.25, 0.3) is 0 Å². The van der Waals surface area contributed by atoms with Crippen LogP contribution < -0.4 is 10.1 Å². The van der Waals surface area contributed by atoms with Crippen molar-refractivity contribution in [1.29, 1.82) is 5.26 Å². The second-order valence-corrected chi connectivity index (χ2v) is 6.36. The lowest BCUT2D eigenvalue weighted by Crippen LogP contribution is -2.56. The molecule has 6 nitrogen and oxygen atoms in total. The van der Waals surface area contributed by atoms with E-state index in [4.69, 9.17) is 14.2 Å². The van der Waals surface area contributed by atoms with Crippen molar-refractivity contribution >= 4 is 5.91 Å². The summed E-state index contributed by atoms with van der Waals surface area (Å²) in [6.45, 7) is 1.59. The van der Waals surface area contributed by atoms with Gasteiger partial charge in [0.2, 0.25) is 5.91 Å². The zero-order chi connectivity index (χ0) is 17.7. The van der Waals surface area contributed by atoms with Crippen LogP contribution in [0.15, 0.2) is 24.3 Å². The highest BCUT2D eigenvalue weighted by Crippen LogP contribution is 2.30. The molecule has 0 bridgehead atoms. The number of ether oxygens (including phenoxy) is 3. The van der Waals surface area contributed by atoms with E-state index in [2.05, 4.69) is 11.4 Å². The van der Waals surface area contributed by atoms with E-state index in [1.807, 2.05) is 0 Å². The molecule has 2 aliphatic rings. The van der Waals surface area contributed by atoms with Gasteiger partial charge in [0.1, 0.15) is 23.1 Å². The smallest absolute Gasteiger partial charge is 0.241 e. The van der Waals surface area contributed by atoms with Crippen LogP contribution in [0.25, 0.3) is 0 Å². The highest BCUT2D eigenvalue weighted by molar-refractivity contribution is 5.85. The molecule has 0 aliphatic carbocycles. The second kappa shape index (κ2) is 7.81. The summed E-state index contributed by atoms with van der Waals surface area (Å²) >= 11 is 0. The molecule has 2 heterocycles. The van der Waals surface area contributed by atoms with Crippen LogP contribution in [-0.2, 0) is 14.3 Å². The van der Waals surface area contributed by atoms with Gasteiger partial charge in [0.15, 0.2) is 0 Å². The molecule has 134 valence electrons. The maximum Gasteiger partial charge on any atom is 0.241 e. The minimum absolute atomic E-state index is 0.295. The summed E-state index contributed by atoms with van der Waals surface area (Å²) < 4.78 is 29.9. The number of amides is 1. The Hall–Kier alpha value is -2.17. The van der Waals surface area contributed by atoms with Crippen LogP contribution in [-0.4, -0.2) is 44.5 Å². The van der Waals surface area contributed by atoms with E-state index in [0.29, 0.717) is 51.4 Å². The first-order chi connectivity index (χ1) is 12.1. The Bertz CT molecular complexity index is 655. The summed E-state index contributed by atoms with van der Waals surface area (Å²) in [7, 11) is 0. The van der Waals surface area contributed by atoms with Gasteiger partial charge in [-0.15, -0.1) is 0 Å². The Morgan fingerprint density at radius 3 is 2.84 bits per heavy atom. The average molecular weight is 348 g/mol. The van der Waals surface area contributed by atoms with Crippen LogP contribution in [0.1, 0.15) is 19.3 Å². The molecule has 2 atom stereocenters. The van der Waals surface area contributed by atoms with Gasteiger partial charge in [0, 0.05) is 25.7 Å². The number of hydrogen-bond acceptors (Lipinski definition) is 5. The molecule has 3 rings (SSSR count). The van der Waals surface area contributed by atoms with Crippen molar-refractivity contribution in [2.24, 2.45) is 5.41 Å². The maximum atomic E-state index is 13.3. The standard InChI is InChI=1S/C18H21FN2O4/c19-13-2-1-3-14(10-13)25-16-4-7-24-11-15(16)21-17(22)18(12-20)5-8-23-9-6-18/h1-3,10,15-16H,4-9,11H2,(H,21,22)/t15-,16+/m1/s1. The van der Waals surface area contributed by atoms with Gasteiger partial charge in [-0.1, -0.05) is 6.07 Å². The first-order valence-electron chi connectivity index (χ1n) is 8.43. The number of hydrogen-bond donors (Lipinski definition) is 1. The highest BCUT2D eigenvalue weighted by atomic mass is 19.1. The average Bonchev–Trinajstić information content (AvgIpc) is 2.64. The lowest BCUT2D eigenvalue weighted by atomic mass is 9.80. The van der Waals surface area contributed by atoms with Gasteiger partial charge < -0.3 is 19.5 Å². The van der Waals surface area contributed by atoms with Crippen LogP contribution in [0.4, 0.5) is 4.39 Å². The van der Waals surface area contributed by atoms with E-state index in [1.165, 1.54) is 12.1 Å². The predicted molar refractivity (Wildman–Crippen MR) is 86.3 cm³/mol. The molecule has 1 amide bonds. The third kappa shape index (κ3) is 4.09. The van der Waals surface area contributed by atoms with Gasteiger partial charge in [-0.3, -0.25) is 4.79 Å². The Morgan fingerprint density at radius 1 is 1.32 bits per heavy atom. The number of rotatable bonds is 4. The van der Waals surface area contributed by atoms with Crippen LogP contribution in [0.3, 0.4) is 0 Å². The lowest BCUT2D eigenvalue weighted by Gasteiger charge is -2.36. The van der Waals surface area contributed by atoms with Gasteiger partial charge in [-0.05, 0) is 25.0 Å². The summed E-state index contributed by atoms with van der Waals surface area (Å²) in [4.78, 5) is 12.7. The first kappa shape index (κ1) is 17.6. The number of carbonyl (C=O) groups excluding carboxylic acids is 1. The Labute approximate surface area is 145 Å².